The first-order valence-electron chi connectivity index (χ1n) is 7.13. The summed E-state index contributed by atoms with van der Waals surface area (Å²) in [5.74, 6) is 3.20. The van der Waals surface area contributed by atoms with Gasteiger partial charge in [0.25, 0.3) is 0 Å². The Morgan fingerprint density at radius 2 is 1.94 bits per heavy atom. The van der Waals surface area contributed by atoms with Crippen LogP contribution in [-0.2, 0) is 0 Å². The maximum Gasteiger partial charge on any atom is 0.0467 e. The lowest BCUT2D eigenvalue weighted by Gasteiger charge is -2.53. The Morgan fingerprint density at radius 3 is 2.62 bits per heavy atom. The molecule has 16 heavy (non-hydrogen) atoms. The average Bonchev–Trinajstić information content (AvgIpc) is 2.74. The third-order valence-electron chi connectivity index (χ3n) is 6.81. The number of fused-ring (bicyclic) bond motifs is 1. The molecule has 92 valence electrons. The van der Waals surface area contributed by atoms with E-state index in [9.17, 15) is 5.11 Å². The zero-order chi connectivity index (χ0) is 11.6. The molecule has 1 N–H and O–H groups in total. The summed E-state index contributed by atoms with van der Waals surface area (Å²) in [6.07, 6.45) is 7.10. The minimum absolute atomic E-state index is 0.374. The predicted molar refractivity (Wildman–Crippen MR) is 66.0 cm³/mol. The Balaban J connectivity index is 2.03. The molecule has 3 unspecified atom stereocenters. The highest BCUT2D eigenvalue weighted by Gasteiger charge is 2.63. The van der Waals surface area contributed by atoms with E-state index in [0.717, 1.165) is 17.8 Å². The second-order valence-corrected chi connectivity index (χ2v) is 7.38. The van der Waals surface area contributed by atoms with Crippen molar-refractivity contribution in [3.63, 3.8) is 0 Å². The van der Waals surface area contributed by atoms with Crippen molar-refractivity contribution in [1.29, 1.82) is 0 Å². The molecular formula is C15H26O. The summed E-state index contributed by atoms with van der Waals surface area (Å²) in [4.78, 5) is 0. The Morgan fingerprint density at radius 1 is 1.19 bits per heavy atom. The maximum atomic E-state index is 9.73. The third-order valence-corrected chi connectivity index (χ3v) is 6.81. The first-order chi connectivity index (χ1) is 7.52. The van der Waals surface area contributed by atoms with Gasteiger partial charge in [0.1, 0.15) is 0 Å². The van der Waals surface area contributed by atoms with Gasteiger partial charge in [-0.05, 0) is 66.6 Å². The van der Waals surface area contributed by atoms with Crippen molar-refractivity contribution in [3.05, 3.63) is 0 Å². The topological polar surface area (TPSA) is 20.2 Å². The van der Waals surface area contributed by atoms with E-state index in [1.807, 2.05) is 0 Å². The Labute approximate surface area is 99.6 Å². The first kappa shape index (κ1) is 11.1. The molecule has 0 aromatic heterocycles. The van der Waals surface area contributed by atoms with Gasteiger partial charge in [-0.2, -0.15) is 0 Å². The minimum Gasteiger partial charge on any atom is -0.396 e. The SMILES string of the molecule is C[C@H]1CCC2C(C)(C)[C@H](CO)C3CCC21C3. The van der Waals surface area contributed by atoms with E-state index in [2.05, 4.69) is 20.8 Å². The van der Waals surface area contributed by atoms with Crippen LogP contribution in [0, 0.1) is 34.5 Å². The van der Waals surface area contributed by atoms with Gasteiger partial charge in [0.15, 0.2) is 0 Å². The summed E-state index contributed by atoms with van der Waals surface area (Å²) in [5, 5.41) is 9.73. The van der Waals surface area contributed by atoms with Gasteiger partial charge in [-0.1, -0.05) is 20.8 Å². The van der Waals surface area contributed by atoms with Gasteiger partial charge in [-0.15, -0.1) is 0 Å². The second-order valence-electron chi connectivity index (χ2n) is 7.38. The van der Waals surface area contributed by atoms with Gasteiger partial charge >= 0.3 is 0 Å². The minimum atomic E-state index is 0.374. The molecule has 2 bridgehead atoms. The molecule has 1 nitrogen and oxygen atoms in total. The quantitative estimate of drug-likeness (QED) is 0.720. The Hall–Kier alpha value is -0.0400. The second kappa shape index (κ2) is 3.25. The van der Waals surface area contributed by atoms with Crippen molar-refractivity contribution >= 4 is 0 Å². The summed E-state index contributed by atoms with van der Waals surface area (Å²) in [6, 6.07) is 0. The van der Waals surface area contributed by atoms with Crippen molar-refractivity contribution in [2.45, 2.75) is 52.9 Å². The molecule has 3 rings (SSSR count). The first-order valence-corrected chi connectivity index (χ1v) is 7.13. The average molecular weight is 222 g/mol. The molecular weight excluding hydrogens is 196 g/mol. The number of aliphatic hydroxyl groups excluding tert-OH is 1. The van der Waals surface area contributed by atoms with Crippen molar-refractivity contribution in [3.8, 4) is 0 Å². The van der Waals surface area contributed by atoms with E-state index in [4.69, 9.17) is 0 Å². The lowest BCUT2D eigenvalue weighted by atomic mass is 9.52. The molecule has 1 heteroatoms. The van der Waals surface area contributed by atoms with Crippen molar-refractivity contribution in [2.75, 3.05) is 6.61 Å². The molecule has 0 heterocycles. The zero-order valence-electron chi connectivity index (χ0n) is 11.0. The molecule has 0 amide bonds. The van der Waals surface area contributed by atoms with Crippen LogP contribution in [0.25, 0.3) is 0 Å². The van der Waals surface area contributed by atoms with Crippen LogP contribution in [-0.4, -0.2) is 11.7 Å². The van der Waals surface area contributed by atoms with Crippen molar-refractivity contribution < 1.29 is 5.11 Å². The molecule has 1 spiro atoms. The van der Waals surface area contributed by atoms with Crippen LogP contribution < -0.4 is 0 Å². The Kier molecular flexibility index (Phi) is 2.25. The lowest BCUT2D eigenvalue weighted by Crippen LogP contribution is -2.48. The fourth-order valence-corrected chi connectivity index (χ4v) is 5.95. The molecule has 0 aromatic rings. The standard InChI is InChI=1S/C15H26O/c1-10-4-5-13-14(2,3)12(9-16)11-6-7-15(10,13)8-11/h10-13,16H,4-9H2,1-3H3/t10-,11?,12+,13?,15?/m0/s1. The summed E-state index contributed by atoms with van der Waals surface area (Å²) in [6.45, 7) is 7.77. The van der Waals surface area contributed by atoms with E-state index >= 15 is 0 Å². The molecule has 0 radical (unpaired) electrons. The number of rotatable bonds is 1. The number of hydrogen-bond acceptors (Lipinski definition) is 1. The van der Waals surface area contributed by atoms with Gasteiger partial charge in [0.2, 0.25) is 0 Å². The monoisotopic (exact) mass is 222 g/mol. The number of hydrogen-bond donors (Lipinski definition) is 1. The molecule has 0 aromatic carbocycles. The molecule has 3 saturated carbocycles. The van der Waals surface area contributed by atoms with Crippen LogP contribution in [0.15, 0.2) is 0 Å². The van der Waals surface area contributed by atoms with Gasteiger partial charge in [-0.25, -0.2) is 0 Å². The molecule has 3 fully saturated rings. The van der Waals surface area contributed by atoms with Gasteiger partial charge in [0, 0.05) is 6.61 Å². The smallest absolute Gasteiger partial charge is 0.0467 e. The molecule has 3 aliphatic rings. The molecule has 0 saturated heterocycles. The fourth-order valence-electron chi connectivity index (χ4n) is 5.95. The van der Waals surface area contributed by atoms with Gasteiger partial charge in [-0.3, -0.25) is 0 Å². The van der Waals surface area contributed by atoms with Crippen molar-refractivity contribution in [1.82, 2.24) is 0 Å². The highest BCUT2D eigenvalue weighted by Crippen LogP contribution is 2.70. The molecule has 5 atom stereocenters. The van der Waals surface area contributed by atoms with Crippen LogP contribution in [0.4, 0.5) is 0 Å². The van der Waals surface area contributed by atoms with Crippen LogP contribution >= 0.6 is 0 Å². The lowest BCUT2D eigenvalue weighted by molar-refractivity contribution is -0.0675. The van der Waals surface area contributed by atoms with E-state index in [1.165, 1.54) is 32.1 Å². The van der Waals surface area contributed by atoms with Gasteiger partial charge in [0.05, 0.1) is 0 Å². The summed E-state index contributed by atoms with van der Waals surface area (Å²) < 4.78 is 0. The van der Waals surface area contributed by atoms with E-state index in [0.29, 0.717) is 23.4 Å². The summed E-state index contributed by atoms with van der Waals surface area (Å²) in [7, 11) is 0. The van der Waals surface area contributed by atoms with E-state index in [1.54, 1.807) is 0 Å². The van der Waals surface area contributed by atoms with Crippen LogP contribution in [0.1, 0.15) is 52.9 Å². The maximum absolute atomic E-state index is 9.73. The molecule has 0 aliphatic heterocycles. The zero-order valence-corrected chi connectivity index (χ0v) is 11.0. The summed E-state index contributed by atoms with van der Waals surface area (Å²) >= 11 is 0. The van der Waals surface area contributed by atoms with Crippen LogP contribution in [0.2, 0.25) is 0 Å². The van der Waals surface area contributed by atoms with E-state index in [-0.39, 0.29) is 0 Å². The number of aliphatic hydroxyl groups is 1. The van der Waals surface area contributed by atoms with E-state index < -0.39 is 0 Å². The van der Waals surface area contributed by atoms with Crippen LogP contribution in [0.5, 0.6) is 0 Å². The Bertz CT molecular complexity index is 296. The molecule has 3 aliphatic carbocycles. The normalized spacial score (nSPS) is 54.0. The van der Waals surface area contributed by atoms with Gasteiger partial charge < -0.3 is 5.11 Å². The largest absolute Gasteiger partial charge is 0.396 e. The van der Waals surface area contributed by atoms with Crippen molar-refractivity contribution in [2.24, 2.45) is 34.5 Å². The predicted octanol–water partition coefficient (Wildman–Crippen LogP) is 3.47. The highest BCUT2D eigenvalue weighted by molar-refractivity contribution is 5.12. The summed E-state index contributed by atoms with van der Waals surface area (Å²) in [5.41, 5.74) is 1.04. The fraction of sp³-hybridized carbons (Fsp3) is 1.00. The third kappa shape index (κ3) is 1.11. The highest BCUT2D eigenvalue weighted by atomic mass is 16.3. The van der Waals surface area contributed by atoms with Crippen LogP contribution in [0.3, 0.4) is 0 Å².